The molecule has 0 saturated heterocycles. The topological polar surface area (TPSA) is 69.9 Å². The van der Waals surface area contributed by atoms with Gasteiger partial charge in [-0.15, -0.1) is 0 Å². The zero-order valence-electron chi connectivity index (χ0n) is 14.1. The van der Waals surface area contributed by atoms with Crippen molar-refractivity contribution in [2.24, 2.45) is 0 Å². The average Bonchev–Trinajstić information content (AvgIpc) is 3.02. The lowest BCUT2D eigenvalue weighted by molar-refractivity contribution is 0.0594. The summed E-state index contributed by atoms with van der Waals surface area (Å²) in [5.74, 6) is 0.487. The summed E-state index contributed by atoms with van der Waals surface area (Å²) in [4.78, 5) is 20.9. The molecule has 0 N–H and O–H groups in total. The minimum Gasteiger partial charge on any atom is -0.464 e. The van der Waals surface area contributed by atoms with Gasteiger partial charge >= 0.3 is 5.97 Å². The Morgan fingerprint density at radius 3 is 2.46 bits per heavy atom. The van der Waals surface area contributed by atoms with Gasteiger partial charge in [0.2, 0.25) is 0 Å². The molecule has 0 atom stereocenters. The van der Waals surface area contributed by atoms with E-state index in [1.54, 1.807) is 16.9 Å². The van der Waals surface area contributed by atoms with Crippen LogP contribution in [0.1, 0.15) is 27.3 Å². The van der Waals surface area contributed by atoms with Gasteiger partial charge in [-0.2, -0.15) is 5.10 Å². The van der Waals surface area contributed by atoms with Crippen molar-refractivity contribution in [2.45, 2.75) is 20.8 Å². The maximum atomic E-state index is 12.0. The number of ether oxygens (including phenoxy) is 1. The quantitative estimate of drug-likeness (QED) is 0.693. The summed E-state index contributed by atoms with van der Waals surface area (Å²) in [7, 11) is 1.33. The van der Waals surface area contributed by atoms with E-state index in [4.69, 9.17) is 4.74 Å². The van der Waals surface area contributed by atoms with Crippen LogP contribution in [0.5, 0.6) is 0 Å². The summed E-state index contributed by atoms with van der Waals surface area (Å²) in [6, 6.07) is 9.41. The summed E-state index contributed by atoms with van der Waals surface area (Å²) >= 11 is 0. The van der Waals surface area contributed by atoms with E-state index in [1.807, 2.05) is 45.0 Å². The normalized spacial score (nSPS) is 10.7. The Bertz CT molecular complexity index is 915. The molecule has 2 aromatic heterocycles. The second-order valence-electron chi connectivity index (χ2n) is 5.61. The molecule has 3 aromatic rings. The molecule has 0 aliphatic rings. The molecule has 0 amide bonds. The zero-order chi connectivity index (χ0) is 17.3. The number of aryl methyl sites for hydroxylation is 3. The maximum absolute atomic E-state index is 12.0. The van der Waals surface area contributed by atoms with E-state index < -0.39 is 5.97 Å². The van der Waals surface area contributed by atoms with Crippen LogP contribution in [0.4, 0.5) is 0 Å². The van der Waals surface area contributed by atoms with E-state index in [2.05, 4.69) is 15.1 Å². The van der Waals surface area contributed by atoms with Crippen molar-refractivity contribution in [3.8, 4) is 17.2 Å². The predicted octanol–water partition coefficient (Wildman–Crippen LogP) is 3.04. The lowest BCUT2D eigenvalue weighted by atomic mass is 10.1. The molecular weight excluding hydrogens is 304 g/mol. The Labute approximate surface area is 140 Å². The second kappa shape index (κ2) is 6.23. The minimum absolute atomic E-state index is 0.200. The fourth-order valence-electron chi connectivity index (χ4n) is 2.37. The number of hydrogen-bond acceptors (Lipinski definition) is 5. The Hall–Kier alpha value is -3.02. The number of carbonyl (C=O) groups excluding carboxylic acids is 1. The van der Waals surface area contributed by atoms with Gasteiger partial charge in [0.05, 0.1) is 7.11 Å². The Balaban J connectivity index is 2.20. The van der Waals surface area contributed by atoms with Crippen LogP contribution >= 0.6 is 0 Å². The van der Waals surface area contributed by atoms with Gasteiger partial charge in [0.1, 0.15) is 0 Å². The van der Waals surface area contributed by atoms with Gasteiger partial charge in [0.25, 0.3) is 0 Å². The summed E-state index contributed by atoms with van der Waals surface area (Å²) in [6.07, 6.45) is 1.69. The molecule has 1 aromatic carbocycles. The summed E-state index contributed by atoms with van der Waals surface area (Å²) in [5.41, 5.74) is 4.28. The first-order valence-electron chi connectivity index (χ1n) is 7.55. The van der Waals surface area contributed by atoms with Gasteiger partial charge in [-0.1, -0.05) is 12.1 Å². The SMILES string of the molecule is COC(=O)c1cc(-n2nccc2C)nc(-c2ccc(C)c(C)c2)n1. The molecule has 0 radical (unpaired) electrons. The molecular formula is C18H18N4O2. The lowest BCUT2D eigenvalue weighted by Gasteiger charge is -2.10. The van der Waals surface area contributed by atoms with Crippen molar-refractivity contribution in [1.82, 2.24) is 19.7 Å². The molecule has 0 saturated carbocycles. The van der Waals surface area contributed by atoms with Crippen molar-refractivity contribution < 1.29 is 9.53 Å². The highest BCUT2D eigenvalue weighted by atomic mass is 16.5. The zero-order valence-corrected chi connectivity index (χ0v) is 14.1. The van der Waals surface area contributed by atoms with Crippen molar-refractivity contribution in [2.75, 3.05) is 7.11 Å². The van der Waals surface area contributed by atoms with Gasteiger partial charge in [-0.25, -0.2) is 19.4 Å². The van der Waals surface area contributed by atoms with Crippen LogP contribution in [0.15, 0.2) is 36.5 Å². The molecule has 24 heavy (non-hydrogen) atoms. The van der Waals surface area contributed by atoms with Gasteiger partial charge in [0.15, 0.2) is 17.3 Å². The first-order valence-corrected chi connectivity index (χ1v) is 7.55. The number of methoxy groups -OCH3 is 1. The van der Waals surface area contributed by atoms with Crippen LogP contribution in [0.3, 0.4) is 0 Å². The fraction of sp³-hybridized carbons (Fsp3) is 0.222. The average molecular weight is 322 g/mol. The number of esters is 1. The standard InChI is InChI=1S/C18H18N4O2/c1-11-5-6-14(9-12(11)2)17-20-15(18(23)24-4)10-16(21-17)22-13(3)7-8-19-22/h5-10H,1-4H3. The third-order valence-electron chi connectivity index (χ3n) is 3.92. The van der Waals surface area contributed by atoms with E-state index in [-0.39, 0.29) is 5.69 Å². The lowest BCUT2D eigenvalue weighted by Crippen LogP contribution is -2.11. The van der Waals surface area contributed by atoms with Crippen molar-refractivity contribution in [3.05, 3.63) is 59.0 Å². The highest BCUT2D eigenvalue weighted by molar-refractivity contribution is 5.88. The second-order valence-corrected chi connectivity index (χ2v) is 5.61. The number of rotatable bonds is 3. The van der Waals surface area contributed by atoms with Crippen LogP contribution in [0.2, 0.25) is 0 Å². The van der Waals surface area contributed by atoms with Crippen molar-refractivity contribution >= 4 is 5.97 Å². The summed E-state index contributed by atoms with van der Waals surface area (Å²) < 4.78 is 6.48. The highest BCUT2D eigenvalue weighted by Gasteiger charge is 2.15. The van der Waals surface area contributed by atoms with Crippen LogP contribution in [-0.2, 0) is 4.74 Å². The molecule has 122 valence electrons. The summed E-state index contributed by atoms with van der Waals surface area (Å²) in [5, 5.41) is 4.25. The molecule has 0 aliphatic heterocycles. The first kappa shape index (κ1) is 15.9. The van der Waals surface area contributed by atoms with Gasteiger partial charge in [-0.05, 0) is 44.0 Å². The molecule has 3 rings (SSSR count). The van der Waals surface area contributed by atoms with E-state index >= 15 is 0 Å². The van der Waals surface area contributed by atoms with Gasteiger partial charge in [-0.3, -0.25) is 0 Å². The number of aromatic nitrogens is 4. The van der Waals surface area contributed by atoms with E-state index in [1.165, 1.54) is 12.7 Å². The van der Waals surface area contributed by atoms with Crippen molar-refractivity contribution in [1.29, 1.82) is 0 Å². The largest absolute Gasteiger partial charge is 0.464 e. The Kier molecular flexibility index (Phi) is 4.12. The molecule has 0 bridgehead atoms. The minimum atomic E-state index is -0.506. The van der Waals surface area contributed by atoms with Crippen LogP contribution in [-0.4, -0.2) is 32.8 Å². The van der Waals surface area contributed by atoms with Gasteiger partial charge in [0, 0.05) is 23.5 Å². The fourth-order valence-corrected chi connectivity index (χ4v) is 2.37. The van der Waals surface area contributed by atoms with Crippen molar-refractivity contribution in [3.63, 3.8) is 0 Å². The summed E-state index contributed by atoms with van der Waals surface area (Å²) in [6.45, 7) is 5.99. The number of carbonyl (C=O) groups is 1. The van der Waals surface area contributed by atoms with E-state index in [9.17, 15) is 4.79 Å². The molecule has 0 spiro atoms. The molecule has 0 fully saturated rings. The van der Waals surface area contributed by atoms with E-state index in [0.29, 0.717) is 11.6 Å². The molecule has 0 unspecified atom stereocenters. The van der Waals surface area contributed by atoms with Crippen LogP contribution < -0.4 is 0 Å². The maximum Gasteiger partial charge on any atom is 0.356 e. The monoisotopic (exact) mass is 322 g/mol. The smallest absolute Gasteiger partial charge is 0.356 e. The number of nitrogens with zero attached hydrogens (tertiary/aromatic N) is 4. The first-order chi connectivity index (χ1) is 11.5. The Morgan fingerprint density at radius 1 is 1.04 bits per heavy atom. The molecule has 6 nitrogen and oxygen atoms in total. The predicted molar refractivity (Wildman–Crippen MR) is 90.1 cm³/mol. The molecule has 6 heteroatoms. The van der Waals surface area contributed by atoms with E-state index in [0.717, 1.165) is 16.8 Å². The number of hydrogen-bond donors (Lipinski definition) is 0. The third-order valence-corrected chi connectivity index (χ3v) is 3.92. The van der Waals surface area contributed by atoms with Crippen LogP contribution in [0, 0.1) is 20.8 Å². The van der Waals surface area contributed by atoms with Gasteiger partial charge < -0.3 is 4.74 Å². The molecule has 2 heterocycles. The third kappa shape index (κ3) is 2.90. The Morgan fingerprint density at radius 2 is 1.83 bits per heavy atom. The molecule has 0 aliphatic carbocycles. The number of benzene rings is 1. The highest BCUT2D eigenvalue weighted by Crippen LogP contribution is 2.21. The van der Waals surface area contributed by atoms with Crippen LogP contribution in [0.25, 0.3) is 17.2 Å².